The molecule has 0 unspecified atom stereocenters. The average Bonchev–Trinajstić information content (AvgIpc) is 2.16. The van der Waals surface area contributed by atoms with Crippen molar-refractivity contribution in [1.29, 1.82) is 0 Å². The molecule has 0 amide bonds. The predicted octanol–water partition coefficient (Wildman–Crippen LogP) is 3.50. The third-order valence-electron chi connectivity index (χ3n) is 1.96. The molecule has 0 bridgehead atoms. The Hall–Kier alpha value is 0.604. The zero-order chi connectivity index (χ0) is 9.68. The Morgan fingerprint density at radius 2 is 1.86 bits per heavy atom. The summed E-state index contributed by atoms with van der Waals surface area (Å²) in [5.74, 6) is 0. The number of nitrogens with zero attached hydrogens (tertiary/aromatic N) is 1. The Balaban J connectivity index is 0.00000169. The molecule has 1 rings (SSSR count). The van der Waals surface area contributed by atoms with Gasteiger partial charge in [0, 0.05) is 49.4 Å². The van der Waals surface area contributed by atoms with E-state index in [9.17, 15) is 0 Å². The van der Waals surface area contributed by atoms with Crippen molar-refractivity contribution in [1.82, 2.24) is 0 Å². The van der Waals surface area contributed by atoms with Crippen LogP contribution in [0.5, 0.6) is 0 Å². The van der Waals surface area contributed by atoms with Crippen LogP contribution < -0.4 is 4.90 Å². The van der Waals surface area contributed by atoms with E-state index in [1.54, 1.807) is 0 Å². The summed E-state index contributed by atoms with van der Waals surface area (Å²) in [6.07, 6.45) is 1.16. The second kappa shape index (κ2) is 7.84. The Kier molecular flexibility index (Phi) is 8.18. The summed E-state index contributed by atoms with van der Waals surface area (Å²) < 4.78 is 1.12. The Morgan fingerprint density at radius 3 is 2.29 bits per heavy atom. The minimum absolute atomic E-state index is 0. The molecule has 0 saturated heterocycles. The molecule has 0 heterocycles. The van der Waals surface area contributed by atoms with Crippen molar-refractivity contribution in [2.45, 2.75) is 13.3 Å². The van der Waals surface area contributed by atoms with Gasteiger partial charge in [-0.2, -0.15) is 0 Å². The van der Waals surface area contributed by atoms with Gasteiger partial charge >= 0.3 is 0 Å². The smallest absolute Gasteiger partial charge is 0.0342 e. The molecule has 0 fully saturated rings. The second-order valence-electron chi connectivity index (χ2n) is 2.96. The maximum absolute atomic E-state index is 3.92. The van der Waals surface area contributed by atoms with Gasteiger partial charge in [-0.25, -0.2) is 0 Å². The van der Waals surface area contributed by atoms with Gasteiger partial charge in [0.15, 0.2) is 0 Å². The molecule has 0 N–H and O–H groups in total. The zero-order valence-electron chi connectivity index (χ0n) is 8.54. The first-order chi connectivity index (χ1) is 6.27. The largest absolute Gasteiger partial charge is 0.402 e. The number of benzene rings is 1. The van der Waals surface area contributed by atoms with Gasteiger partial charge in [-0.05, 0) is 30.7 Å². The van der Waals surface area contributed by atoms with Crippen LogP contribution in [0.1, 0.15) is 13.3 Å². The normalized spacial score (nSPS) is 9.36. The SMILES string of the molecule is [CH2-]CN(CCC)c1ccc(Br)cc1.[Y]. The summed E-state index contributed by atoms with van der Waals surface area (Å²) in [5, 5.41) is 0. The zero-order valence-corrected chi connectivity index (χ0v) is 13.0. The van der Waals surface area contributed by atoms with Crippen LogP contribution in [-0.4, -0.2) is 13.1 Å². The topological polar surface area (TPSA) is 3.24 Å². The minimum atomic E-state index is 0. The van der Waals surface area contributed by atoms with Gasteiger partial charge in [0.1, 0.15) is 0 Å². The first-order valence-corrected chi connectivity index (χ1v) is 5.37. The number of anilines is 1. The van der Waals surface area contributed by atoms with E-state index in [2.05, 4.69) is 58.9 Å². The third-order valence-corrected chi connectivity index (χ3v) is 2.48. The Morgan fingerprint density at radius 1 is 1.29 bits per heavy atom. The van der Waals surface area contributed by atoms with Crippen LogP contribution in [0.15, 0.2) is 28.7 Å². The van der Waals surface area contributed by atoms with Gasteiger partial charge in [0.05, 0.1) is 0 Å². The molecule has 1 radical (unpaired) electrons. The van der Waals surface area contributed by atoms with Crippen LogP contribution in [0.25, 0.3) is 0 Å². The van der Waals surface area contributed by atoms with Crippen LogP contribution in [0.3, 0.4) is 0 Å². The maximum Gasteiger partial charge on any atom is 0.0342 e. The van der Waals surface area contributed by atoms with E-state index in [4.69, 9.17) is 0 Å². The monoisotopic (exact) mass is 329 g/mol. The summed E-state index contributed by atoms with van der Waals surface area (Å²) in [5.41, 5.74) is 1.25. The molecule has 1 nitrogen and oxygen atoms in total. The van der Waals surface area contributed by atoms with Crippen molar-refractivity contribution in [3.8, 4) is 0 Å². The van der Waals surface area contributed by atoms with Crippen LogP contribution in [0, 0.1) is 6.92 Å². The van der Waals surface area contributed by atoms with Crippen molar-refractivity contribution in [3.05, 3.63) is 35.7 Å². The van der Waals surface area contributed by atoms with Crippen molar-refractivity contribution >= 4 is 21.6 Å². The standard InChI is InChI=1S/C11H15BrN.Y/c1-3-9-13(4-2)11-7-5-10(12)6-8-11;/h5-8H,2-4,9H2,1H3;/q-1;. The van der Waals surface area contributed by atoms with E-state index in [-0.39, 0.29) is 32.7 Å². The van der Waals surface area contributed by atoms with Gasteiger partial charge in [0.2, 0.25) is 0 Å². The number of rotatable bonds is 4. The molecule has 0 aliphatic rings. The van der Waals surface area contributed by atoms with Crippen molar-refractivity contribution in [3.63, 3.8) is 0 Å². The summed E-state index contributed by atoms with van der Waals surface area (Å²) in [6.45, 7) is 8.00. The third kappa shape index (κ3) is 4.42. The van der Waals surface area contributed by atoms with Crippen LogP contribution in [-0.2, 0) is 32.7 Å². The van der Waals surface area contributed by atoms with Gasteiger partial charge in [-0.1, -0.05) is 22.9 Å². The van der Waals surface area contributed by atoms with Crippen molar-refractivity contribution in [2.24, 2.45) is 0 Å². The van der Waals surface area contributed by atoms with Gasteiger partial charge in [0.25, 0.3) is 0 Å². The fourth-order valence-electron chi connectivity index (χ4n) is 1.29. The minimum Gasteiger partial charge on any atom is -0.402 e. The molecule has 1 aromatic rings. The molecule has 0 spiro atoms. The van der Waals surface area contributed by atoms with Crippen molar-refractivity contribution in [2.75, 3.05) is 18.0 Å². The first kappa shape index (κ1) is 14.6. The van der Waals surface area contributed by atoms with E-state index in [0.717, 1.165) is 24.0 Å². The van der Waals surface area contributed by atoms with Crippen molar-refractivity contribution < 1.29 is 32.7 Å². The number of halogens is 1. The average molecular weight is 330 g/mol. The van der Waals surface area contributed by atoms with Gasteiger partial charge < -0.3 is 11.8 Å². The summed E-state index contributed by atoms with van der Waals surface area (Å²) >= 11 is 3.42. The second-order valence-corrected chi connectivity index (χ2v) is 3.88. The van der Waals surface area contributed by atoms with E-state index < -0.39 is 0 Å². The summed E-state index contributed by atoms with van der Waals surface area (Å²) in [4.78, 5) is 2.27. The summed E-state index contributed by atoms with van der Waals surface area (Å²) in [6, 6.07) is 8.36. The molecule has 1 aromatic carbocycles. The molecule has 0 aromatic heterocycles. The van der Waals surface area contributed by atoms with Crippen LogP contribution >= 0.6 is 15.9 Å². The summed E-state index contributed by atoms with van der Waals surface area (Å²) in [7, 11) is 0. The fourth-order valence-corrected chi connectivity index (χ4v) is 1.56. The predicted molar refractivity (Wildman–Crippen MR) is 62.0 cm³/mol. The Labute approximate surface area is 120 Å². The number of hydrogen-bond acceptors (Lipinski definition) is 1. The molecule has 0 atom stereocenters. The molecule has 14 heavy (non-hydrogen) atoms. The molecule has 75 valence electrons. The van der Waals surface area contributed by atoms with Crippen LogP contribution in [0.2, 0.25) is 0 Å². The van der Waals surface area contributed by atoms with E-state index >= 15 is 0 Å². The first-order valence-electron chi connectivity index (χ1n) is 4.57. The molecule has 0 aliphatic carbocycles. The van der Waals surface area contributed by atoms with Gasteiger partial charge in [-0.15, -0.1) is 6.54 Å². The molecule has 0 saturated carbocycles. The fraction of sp³-hybridized carbons (Fsp3) is 0.364. The molecular formula is C11H15BrNY-. The quantitative estimate of drug-likeness (QED) is 0.764. The van der Waals surface area contributed by atoms with Gasteiger partial charge in [-0.3, -0.25) is 0 Å². The number of hydrogen-bond donors (Lipinski definition) is 0. The Bertz CT molecular complexity index is 248. The molecule has 0 aliphatic heterocycles. The van der Waals surface area contributed by atoms with E-state index in [0.29, 0.717) is 0 Å². The molecular weight excluding hydrogens is 315 g/mol. The maximum atomic E-state index is 3.92. The van der Waals surface area contributed by atoms with Crippen LogP contribution in [0.4, 0.5) is 5.69 Å². The van der Waals surface area contributed by atoms with E-state index in [1.165, 1.54) is 5.69 Å². The van der Waals surface area contributed by atoms with E-state index in [1.807, 2.05) is 0 Å². The molecule has 3 heteroatoms.